The van der Waals surface area contributed by atoms with Crippen LogP contribution in [0.2, 0.25) is 0 Å². The van der Waals surface area contributed by atoms with Gasteiger partial charge < -0.3 is 25.4 Å². The van der Waals surface area contributed by atoms with Gasteiger partial charge in [0.2, 0.25) is 0 Å². The van der Waals surface area contributed by atoms with Gasteiger partial charge in [0.15, 0.2) is 0 Å². The molecule has 0 radical (unpaired) electrons. The molecule has 4 rings (SSSR count). The number of rotatable bonds is 6. The van der Waals surface area contributed by atoms with Crippen LogP contribution >= 0.6 is 0 Å². The van der Waals surface area contributed by atoms with E-state index in [2.05, 4.69) is 4.90 Å². The number of para-hydroxylation sites is 1. The first kappa shape index (κ1) is 21.2. The van der Waals surface area contributed by atoms with Crippen molar-refractivity contribution >= 4 is 17.5 Å². The molecular weight excluding hydrogens is 406 g/mol. The molecule has 1 saturated heterocycles. The van der Waals surface area contributed by atoms with Crippen molar-refractivity contribution in [3.05, 3.63) is 89.5 Å². The van der Waals surface area contributed by atoms with E-state index in [0.717, 1.165) is 24.3 Å². The Labute approximate surface area is 186 Å². The zero-order chi connectivity index (χ0) is 22.5. The average molecular weight is 431 g/mol. The summed E-state index contributed by atoms with van der Waals surface area (Å²) in [5, 5.41) is 9.46. The zero-order valence-corrected chi connectivity index (χ0v) is 17.6. The van der Waals surface area contributed by atoms with Crippen molar-refractivity contribution in [3.8, 4) is 11.5 Å². The molecule has 32 heavy (non-hydrogen) atoms. The number of primary amides is 1. The van der Waals surface area contributed by atoms with Crippen LogP contribution in [0.25, 0.3) is 0 Å². The topological polar surface area (TPSA) is 96.1 Å². The second kappa shape index (κ2) is 9.43. The number of amides is 2. The molecule has 3 aromatic rings. The number of nitrogens with two attached hydrogens (primary N) is 1. The van der Waals surface area contributed by atoms with Crippen molar-refractivity contribution in [1.82, 2.24) is 4.90 Å². The van der Waals surface area contributed by atoms with Gasteiger partial charge in [-0.05, 0) is 54.1 Å². The molecule has 164 valence electrons. The summed E-state index contributed by atoms with van der Waals surface area (Å²) in [5.41, 5.74) is 8.19. The Bertz CT molecular complexity index is 1110. The number of aromatic hydroxyl groups is 1. The molecule has 0 aliphatic carbocycles. The van der Waals surface area contributed by atoms with Crippen molar-refractivity contribution in [2.24, 2.45) is 5.73 Å². The van der Waals surface area contributed by atoms with Gasteiger partial charge in [-0.15, -0.1) is 0 Å². The highest BCUT2D eigenvalue weighted by Gasteiger charge is 2.22. The van der Waals surface area contributed by atoms with E-state index in [-0.39, 0.29) is 18.3 Å². The molecule has 1 fully saturated rings. The summed E-state index contributed by atoms with van der Waals surface area (Å²) in [5.74, 6) is 0.0948. The maximum absolute atomic E-state index is 13.0. The monoisotopic (exact) mass is 431 g/mol. The molecule has 3 N–H and O–H groups in total. The standard InChI is InChI=1S/C25H25N3O4/c26-24(30)22-6-1-2-7-23(22)32-17-18-4-3-5-19(16-18)25(31)28-14-12-27(13-15-28)20-8-10-21(29)11-9-20/h1-11,16,29H,12-15,17H2,(H2,26,30). The summed E-state index contributed by atoms with van der Waals surface area (Å²) >= 11 is 0. The van der Waals surface area contributed by atoms with Crippen LogP contribution in [0.15, 0.2) is 72.8 Å². The third-order valence-electron chi connectivity index (χ3n) is 5.50. The number of anilines is 1. The first-order valence-electron chi connectivity index (χ1n) is 10.4. The first-order chi connectivity index (χ1) is 15.5. The van der Waals surface area contributed by atoms with E-state index < -0.39 is 5.91 Å². The van der Waals surface area contributed by atoms with Gasteiger partial charge >= 0.3 is 0 Å². The number of carbonyl (C=O) groups excluding carboxylic acids is 2. The SMILES string of the molecule is NC(=O)c1ccccc1OCc1cccc(C(=O)N2CCN(c3ccc(O)cc3)CC2)c1. The van der Waals surface area contributed by atoms with Gasteiger partial charge in [0, 0.05) is 37.4 Å². The van der Waals surface area contributed by atoms with Crippen molar-refractivity contribution in [2.45, 2.75) is 6.61 Å². The predicted molar refractivity (Wildman–Crippen MR) is 122 cm³/mol. The van der Waals surface area contributed by atoms with Crippen LogP contribution in [0.1, 0.15) is 26.3 Å². The fourth-order valence-electron chi connectivity index (χ4n) is 3.77. The second-order valence-electron chi connectivity index (χ2n) is 7.65. The summed E-state index contributed by atoms with van der Waals surface area (Å²) in [6, 6.07) is 21.3. The Kier molecular flexibility index (Phi) is 6.26. The number of hydrogen-bond acceptors (Lipinski definition) is 5. The molecule has 0 aromatic heterocycles. The third kappa shape index (κ3) is 4.83. The van der Waals surface area contributed by atoms with Crippen molar-refractivity contribution < 1.29 is 19.4 Å². The molecule has 0 bridgehead atoms. The van der Waals surface area contributed by atoms with Crippen molar-refractivity contribution in [3.63, 3.8) is 0 Å². The minimum absolute atomic E-state index is 0.0188. The zero-order valence-electron chi connectivity index (χ0n) is 17.6. The number of hydrogen-bond donors (Lipinski definition) is 2. The Morgan fingerprint density at radius 3 is 2.34 bits per heavy atom. The van der Waals surface area contributed by atoms with Crippen LogP contribution in [-0.4, -0.2) is 48.0 Å². The molecule has 0 saturated carbocycles. The van der Waals surface area contributed by atoms with E-state index in [1.54, 1.807) is 42.5 Å². The van der Waals surface area contributed by atoms with E-state index in [0.29, 0.717) is 30.0 Å². The molecule has 1 heterocycles. The van der Waals surface area contributed by atoms with Crippen LogP contribution in [0.4, 0.5) is 5.69 Å². The van der Waals surface area contributed by atoms with E-state index in [1.165, 1.54) is 0 Å². The lowest BCUT2D eigenvalue weighted by Crippen LogP contribution is -2.48. The summed E-state index contributed by atoms with van der Waals surface area (Å²) in [6.45, 7) is 2.91. The predicted octanol–water partition coefficient (Wildman–Crippen LogP) is 3.03. The van der Waals surface area contributed by atoms with Crippen LogP contribution < -0.4 is 15.4 Å². The van der Waals surface area contributed by atoms with Gasteiger partial charge in [0.25, 0.3) is 11.8 Å². The van der Waals surface area contributed by atoms with Crippen LogP contribution in [-0.2, 0) is 6.61 Å². The van der Waals surface area contributed by atoms with E-state index in [9.17, 15) is 14.7 Å². The molecule has 2 amide bonds. The summed E-state index contributed by atoms with van der Waals surface area (Å²) < 4.78 is 5.79. The largest absolute Gasteiger partial charge is 0.508 e. The summed E-state index contributed by atoms with van der Waals surface area (Å²) in [6.07, 6.45) is 0. The average Bonchev–Trinajstić information content (AvgIpc) is 2.83. The van der Waals surface area contributed by atoms with Gasteiger partial charge in [-0.1, -0.05) is 24.3 Å². The van der Waals surface area contributed by atoms with Crippen molar-refractivity contribution in [1.29, 1.82) is 0 Å². The van der Waals surface area contributed by atoms with Gasteiger partial charge in [-0.2, -0.15) is 0 Å². The number of phenolic OH excluding ortho intramolecular Hbond substituents is 1. The minimum atomic E-state index is -0.545. The van der Waals surface area contributed by atoms with E-state index in [1.807, 2.05) is 35.2 Å². The highest BCUT2D eigenvalue weighted by molar-refractivity contribution is 5.95. The molecule has 1 aliphatic heterocycles. The molecule has 0 spiro atoms. The highest BCUT2D eigenvalue weighted by Crippen LogP contribution is 2.22. The number of nitrogens with zero attached hydrogens (tertiary/aromatic N) is 2. The lowest BCUT2D eigenvalue weighted by Gasteiger charge is -2.36. The maximum atomic E-state index is 13.0. The van der Waals surface area contributed by atoms with Crippen LogP contribution in [0.5, 0.6) is 11.5 Å². The normalized spacial score (nSPS) is 13.6. The van der Waals surface area contributed by atoms with Crippen LogP contribution in [0.3, 0.4) is 0 Å². The maximum Gasteiger partial charge on any atom is 0.253 e. The fraction of sp³-hybridized carbons (Fsp3) is 0.200. The summed E-state index contributed by atoms with van der Waals surface area (Å²) in [4.78, 5) is 28.6. The Balaban J connectivity index is 1.37. The lowest BCUT2D eigenvalue weighted by molar-refractivity contribution is 0.0746. The number of piperazine rings is 1. The lowest BCUT2D eigenvalue weighted by atomic mass is 10.1. The van der Waals surface area contributed by atoms with Gasteiger partial charge in [-0.3, -0.25) is 9.59 Å². The van der Waals surface area contributed by atoms with E-state index >= 15 is 0 Å². The smallest absolute Gasteiger partial charge is 0.253 e. The first-order valence-corrected chi connectivity index (χ1v) is 10.4. The fourth-order valence-corrected chi connectivity index (χ4v) is 3.77. The van der Waals surface area contributed by atoms with Gasteiger partial charge in [0.1, 0.15) is 18.1 Å². The molecule has 7 nitrogen and oxygen atoms in total. The second-order valence-corrected chi connectivity index (χ2v) is 7.65. The molecule has 7 heteroatoms. The van der Waals surface area contributed by atoms with Gasteiger partial charge in [-0.25, -0.2) is 0 Å². The number of carbonyl (C=O) groups is 2. The summed E-state index contributed by atoms with van der Waals surface area (Å²) in [7, 11) is 0. The number of phenols is 1. The Hall–Kier alpha value is -4.00. The number of benzene rings is 3. The molecule has 0 atom stereocenters. The molecule has 1 aliphatic rings. The minimum Gasteiger partial charge on any atom is -0.508 e. The Morgan fingerprint density at radius 1 is 0.906 bits per heavy atom. The molecule has 0 unspecified atom stereocenters. The quantitative estimate of drug-likeness (QED) is 0.625. The molecule has 3 aromatic carbocycles. The third-order valence-corrected chi connectivity index (χ3v) is 5.50. The molecular formula is C25H25N3O4. The van der Waals surface area contributed by atoms with E-state index in [4.69, 9.17) is 10.5 Å². The number of ether oxygens (including phenoxy) is 1. The highest BCUT2D eigenvalue weighted by atomic mass is 16.5. The van der Waals surface area contributed by atoms with Crippen molar-refractivity contribution in [2.75, 3.05) is 31.1 Å². The Morgan fingerprint density at radius 2 is 1.62 bits per heavy atom. The van der Waals surface area contributed by atoms with Gasteiger partial charge in [0.05, 0.1) is 5.56 Å². The van der Waals surface area contributed by atoms with Crippen LogP contribution in [0, 0.1) is 0 Å².